The molecule has 0 saturated heterocycles. The van der Waals surface area contributed by atoms with Gasteiger partial charge in [0.1, 0.15) is 0 Å². The molecule has 1 saturated carbocycles. The summed E-state index contributed by atoms with van der Waals surface area (Å²) in [6, 6.07) is 8.05. The largest absolute Gasteiger partial charge is 0.312 e. The second-order valence-corrected chi connectivity index (χ2v) is 5.62. The highest BCUT2D eigenvalue weighted by Crippen LogP contribution is 2.51. The number of hydrogen-bond acceptors (Lipinski definition) is 1. The van der Waals surface area contributed by atoms with Crippen LogP contribution in [0.15, 0.2) is 24.3 Å². The van der Waals surface area contributed by atoms with Crippen LogP contribution in [0.4, 0.5) is 0 Å². The summed E-state index contributed by atoms with van der Waals surface area (Å²) in [6.45, 7) is 6.65. The molecule has 2 rings (SSSR count). The van der Waals surface area contributed by atoms with E-state index in [1.165, 1.54) is 18.4 Å². The third-order valence-electron chi connectivity index (χ3n) is 3.87. The Bertz CT molecular complexity index is 356. The zero-order valence-electron chi connectivity index (χ0n) is 10.1. The third kappa shape index (κ3) is 2.58. The molecule has 0 heterocycles. The smallest absolute Gasteiger partial charge is 0.0450 e. The van der Waals surface area contributed by atoms with Gasteiger partial charge in [0.2, 0.25) is 0 Å². The molecular weight excluding hydrogens is 218 g/mol. The summed E-state index contributed by atoms with van der Waals surface area (Å²) in [5, 5.41) is 4.41. The zero-order valence-corrected chi connectivity index (χ0v) is 10.8. The monoisotopic (exact) mass is 237 g/mol. The molecule has 0 bridgehead atoms. The fourth-order valence-electron chi connectivity index (χ4n) is 2.21. The van der Waals surface area contributed by atoms with Crippen LogP contribution in [-0.2, 0) is 6.54 Å². The van der Waals surface area contributed by atoms with Crippen molar-refractivity contribution in [3.8, 4) is 0 Å². The fraction of sp³-hybridized carbons (Fsp3) is 0.571. The van der Waals surface area contributed by atoms with E-state index in [0.717, 1.165) is 24.0 Å². The van der Waals surface area contributed by atoms with E-state index in [9.17, 15) is 0 Å². The molecule has 88 valence electrons. The second-order valence-electron chi connectivity index (χ2n) is 5.21. The predicted octanol–water partition coefficient (Wildman–Crippen LogP) is 3.87. The van der Waals surface area contributed by atoms with E-state index < -0.39 is 0 Å². The highest BCUT2D eigenvalue weighted by molar-refractivity contribution is 6.31. The Hall–Kier alpha value is -0.530. The van der Waals surface area contributed by atoms with Crippen molar-refractivity contribution in [1.82, 2.24) is 5.32 Å². The van der Waals surface area contributed by atoms with Crippen LogP contribution in [0.5, 0.6) is 0 Å². The van der Waals surface area contributed by atoms with Gasteiger partial charge in [0.25, 0.3) is 0 Å². The summed E-state index contributed by atoms with van der Waals surface area (Å²) in [5.74, 6) is 0.784. The van der Waals surface area contributed by atoms with Gasteiger partial charge < -0.3 is 5.32 Å². The molecule has 0 aromatic heterocycles. The highest BCUT2D eigenvalue weighted by atomic mass is 35.5. The molecule has 1 nitrogen and oxygen atoms in total. The van der Waals surface area contributed by atoms with Crippen LogP contribution in [0.3, 0.4) is 0 Å². The average Bonchev–Trinajstić information content (AvgIpc) is 3.02. The molecular formula is C14H20ClN. The van der Waals surface area contributed by atoms with E-state index in [2.05, 4.69) is 25.2 Å². The van der Waals surface area contributed by atoms with Gasteiger partial charge in [0, 0.05) is 18.1 Å². The first-order valence-electron chi connectivity index (χ1n) is 6.08. The van der Waals surface area contributed by atoms with Gasteiger partial charge in [-0.15, -0.1) is 0 Å². The van der Waals surface area contributed by atoms with Crippen LogP contribution >= 0.6 is 11.6 Å². The van der Waals surface area contributed by atoms with Crippen LogP contribution in [0, 0.1) is 11.3 Å². The molecule has 1 aromatic rings. The van der Waals surface area contributed by atoms with Crippen LogP contribution in [0.2, 0.25) is 5.02 Å². The molecule has 0 radical (unpaired) electrons. The van der Waals surface area contributed by atoms with Gasteiger partial charge in [0.05, 0.1) is 0 Å². The molecule has 0 amide bonds. The maximum atomic E-state index is 6.11. The number of rotatable bonds is 5. The van der Waals surface area contributed by atoms with Gasteiger partial charge >= 0.3 is 0 Å². The molecule has 1 aromatic carbocycles. The Labute approximate surface area is 103 Å². The van der Waals surface area contributed by atoms with Gasteiger partial charge in [0.15, 0.2) is 0 Å². The quantitative estimate of drug-likeness (QED) is 0.820. The molecule has 0 aliphatic heterocycles. The molecule has 1 aliphatic rings. The molecule has 1 N–H and O–H groups in total. The van der Waals surface area contributed by atoms with E-state index in [-0.39, 0.29) is 0 Å². The van der Waals surface area contributed by atoms with E-state index in [1.54, 1.807) is 0 Å². The lowest BCUT2D eigenvalue weighted by atomic mass is 9.92. The average molecular weight is 238 g/mol. The lowest BCUT2D eigenvalue weighted by molar-refractivity contribution is 0.338. The van der Waals surface area contributed by atoms with E-state index in [1.807, 2.05) is 18.2 Å². The molecule has 1 fully saturated rings. The standard InChI is InChI=1S/C14H20ClN/c1-11(2)14(7-8-14)10-16-9-12-5-3-4-6-13(12)15/h3-6,11,16H,7-10H2,1-2H3. The summed E-state index contributed by atoms with van der Waals surface area (Å²) in [7, 11) is 0. The van der Waals surface area contributed by atoms with Crippen molar-refractivity contribution < 1.29 is 0 Å². The number of benzene rings is 1. The van der Waals surface area contributed by atoms with Crippen LogP contribution < -0.4 is 5.32 Å². The summed E-state index contributed by atoms with van der Waals surface area (Å²) in [4.78, 5) is 0. The van der Waals surface area contributed by atoms with Gasteiger partial charge in [-0.3, -0.25) is 0 Å². The van der Waals surface area contributed by atoms with Crippen LogP contribution in [-0.4, -0.2) is 6.54 Å². The Kier molecular flexibility index (Phi) is 3.56. The van der Waals surface area contributed by atoms with Crippen molar-refractivity contribution in [2.75, 3.05) is 6.54 Å². The second kappa shape index (κ2) is 4.77. The Morgan fingerprint density at radius 1 is 1.31 bits per heavy atom. The van der Waals surface area contributed by atoms with E-state index in [4.69, 9.17) is 11.6 Å². The van der Waals surface area contributed by atoms with Gasteiger partial charge in [-0.25, -0.2) is 0 Å². The van der Waals surface area contributed by atoms with Crippen molar-refractivity contribution in [3.05, 3.63) is 34.9 Å². The van der Waals surface area contributed by atoms with E-state index in [0.29, 0.717) is 5.41 Å². The minimum Gasteiger partial charge on any atom is -0.312 e. The van der Waals surface area contributed by atoms with Crippen molar-refractivity contribution in [2.45, 2.75) is 33.2 Å². The van der Waals surface area contributed by atoms with Gasteiger partial charge in [-0.1, -0.05) is 43.6 Å². The molecule has 16 heavy (non-hydrogen) atoms. The lowest BCUT2D eigenvalue weighted by Crippen LogP contribution is -2.27. The first-order chi connectivity index (χ1) is 7.64. The fourth-order valence-corrected chi connectivity index (χ4v) is 2.41. The maximum Gasteiger partial charge on any atom is 0.0450 e. The van der Waals surface area contributed by atoms with Crippen molar-refractivity contribution in [3.63, 3.8) is 0 Å². The lowest BCUT2D eigenvalue weighted by Gasteiger charge is -2.20. The zero-order chi connectivity index (χ0) is 11.6. The normalized spacial score (nSPS) is 17.8. The van der Waals surface area contributed by atoms with Crippen molar-refractivity contribution >= 4 is 11.6 Å². The minimum absolute atomic E-state index is 0.571. The summed E-state index contributed by atoms with van der Waals surface area (Å²) in [6.07, 6.45) is 2.75. The van der Waals surface area contributed by atoms with Crippen molar-refractivity contribution in [2.24, 2.45) is 11.3 Å². The molecule has 0 atom stereocenters. The summed E-state index contributed by atoms with van der Waals surface area (Å²) in [5.41, 5.74) is 1.77. The van der Waals surface area contributed by atoms with Gasteiger partial charge in [-0.2, -0.15) is 0 Å². The first kappa shape index (κ1) is 11.9. The number of nitrogens with one attached hydrogen (secondary N) is 1. The molecule has 2 heteroatoms. The summed E-state index contributed by atoms with van der Waals surface area (Å²) >= 11 is 6.11. The third-order valence-corrected chi connectivity index (χ3v) is 4.24. The van der Waals surface area contributed by atoms with Crippen molar-refractivity contribution in [1.29, 1.82) is 0 Å². The van der Waals surface area contributed by atoms with E-state index >= 15 is 0 Å². The van der Waals surface area contributed by atoms with Gasteiger partial charge in [-0.05, 0) is 35.8 Å². The minimum atomic E-state index is 0.571. The Morgan fingerprint density at radius 3 is 2.56 bits per heavy atom. The highest BCUT2D eigenvalue weighted by Gasteiger charge is 2.44. The Balaban J connectivity index is 1.83. The maximum absolute atomic E-state index is 6.11. The van der Waals surface area contributed by atoms with Crippen LogP contribution in [0.25, 0.3) is 0 Å². The van der Waals surface area contributed by atoms with Crippen LogP contribution in [0.1, 0.15) is 32.3 Å². The predicted molar refractivity (Wildman–Crippen MR) is 69.7 cm³/mol. The first-order valence-corrected chi connectivity index (χ1v) is 6.46. The molecule has 0 unspecified atom stereocenters. The summed E-state index contributed by atoms with van der Waals surface area (Å²) < 4.78 is 0. The number of halogens is 1. The molecule has 1 aliphatic carbocycles. The molecule has 0 spiro atoms. The topological polar surface area (TPSA) is 12.0 Å². The Morgan fingerprint density at radius 2 is 2.00 bits per heavy atom. The SMILES string of the molecule is CC(C)C1(CNCc2ccccc2Cl)CC1. The number of hydrogen-bond donors (Lipinski definition) is 1.